The van der Waals surface area contributed by atoms with Crippen molar-refractivity contribution < 1.29 is 5.11 Å². The molecule has 0 radical (unpaired) electrons. The maximum atomic E-state index is 9.96. The minimum Gasteiger partial charge on any atom is -0.390 e. The van der Waals surface area contributed by atoms with Crippen molar-refractivity contribution in [3.63, 3.8) is 0 Å². The van der Waals surface area contributed by atoms with E-state index in [1.54, 1.807) is 0 Å². The molecule has 0 amide bonds. The molecule has 0 heterocycles. The van der Waals surface area contributed by atoms with E-state index in [1.807, 2.05) is 0 Å². The number of hydrogen-bond donors (Lipinski definition) is 2. The van der Waals surface area contributed by atoms with Crippen molar-refractivity contribution in [1.29, 1.82) is 5.26 Å². The van der Waals surface area contributed by atoms with Crippen LogP contribution in [0, 0.1) is 23.2 Å². The highest BCUT2D eigenvalue weighted by Gasteiger charge is 2.12. The molecule has 106 valence electrons. The van der Waals surface area contributed by atoms with Gasteiger partial charge in [0.25, 0.3) is 0 Å². The Morgan fingerprint density at radius 2 is 1.78 bits per heavy atom. The van der Waals surface area contributed by atoms with E-state index in [4.69, 9.17) is 5.26 Å². The first-order chi connectivity index (χ1) is 8.45. The number of nitrogens with one attached hydrogen (secondary N) is 1. The summed E-state index contributed by atoms with van der Waals surface area (Å²) in [5.41, 5.74) is 0. The van der Waals surface area contributed by atoms with E-state index in [-0.39, 0.29) is 6.10 Å². The van der Waals surface area contributed by atoms with Gasteiger partial charge in [0.15, 0.2) is 0 Å². The molecule has 0 saturated carbocycles. The second kappa shape index (κ2) is 10.3. The Morgan fingerprint density at radius 1 is 1.11 bits per heavy atom. The normalized spacial score (nSPS) is 13.3. The van der Waals surface area contributed by atoms with Crippen molar-refractivity contribution in [2.75, 3.05) is 32.7 Å². The summed E-state index contributed by atoms with van der Waals surface area (Å²) in [6, 6.07) is 2.16. The second-order valence-corrected chi connectivity index (χ2v) is 5.77. The van der Waals surface area contributed by atoms with Crippen LogP contribution in [0.1, 0.15) is 34.1 Å². The molecule has 0 aromatic rings. The van der Waals surface area contributed by atoms with Gasteiger partial charge in [-0.2, -0.15) is 5.26 Å². The van der Waals surface area contributed by atoms with Crippen LogP contribution in [0.3, 0.4) is 0 Å². The lowest BCUT2D eigenvalue weighted by Gasteiger charge is -2.26. The summed E-state index contributed by atoms with van der Waals surface area (Å²) < 4.78 is 0. The predicted molar refractivity (Wildman–Crippen MR) is 75.2 cm³/mol. The van der Waals surface area contributed by atoms with Crippen molar-refractivity contribution in [3.8, 4) is 6.07 Å². The van der Waals surface area contributed by atoms with Crippen LogP contribution in [0.15, 0.2) is 0 Å². The summed E-state index contributed by atoms with van der Waals surface area (Å²) in [5, 5.41) is 21.8. The molecular weight excluding hydrogens is 226 g/mol. The number of nitrogens with zero attached hydrogens (tertiary/aromatic N) is 2. The summed E-state index contributed by atoms with van der Waals surface area (Å²) in [7, 11) is 0. The van der Waals surface area contributed by atoms with E-state index in [9.17, 15) is 5.11 Å². The van der Waals surface area contributed by atoms with E-state index < -0.39 is 0 Å². The van der Waals surface area contributed by atoms with Crippen molar-refractivity contribution in [2.45, 2.75) is 40.2 Å². The van der Waals surface area contributed by atoms with E-state index in [2.05, 4.69) is 44.0 Å². The van der Waals surface area contributed by atoms with Crippen LogP contribution in [0.4, 0.5) is 0 Å². The molecular formula is C14H29N3O. The Balaban J connectivity index is 3.93. The van der Waals surface area contributed by atoms with Gasteiger partial charge in [0.2, 0.25) is 0 Å². The molecule has 0 saturated heterocycles. The Morgan fingerprint density at radius 3 is 2.28 bits per heavy atom. The minimum atomic E-state index is -0.360. The van der Waals surface area contributed by atoms with Gasteiger partial charge in [-0.25, -0.2) is 0 Å². The highest BCUT2D eigenvalue weighted by Crippen LogP contribution is 2.01. The van der Waals surface area contributed by atoms with Crippen molar-refractivity contribution in [1.82, 2.24) is 10.2 Å². The summed E-state index contributed by atoms with van der Waals surface area (Å²) in [6.07, 6.45) is 0.167. The maximum Gasteiger partial charge on any atom is 0.0791 e. The lowest BCUT2D eigenvalue weighted by molar-refractivity contribution is 0.105. The molecule has 4 nitrogen and oxygen atoms in total. The fourth-order valence-corrected chi connectivity index (χ4v) is 1.88. The molecule has 0 aromatic carbocycles. The average molecular weight is 255 g/mol. The van der Waals surface area contributed by atoms with Gasteiger partial charge in [-0.1, -0.05) is 27.7 Å². The lowest BCUT2D eigenvalue weighted by atomic mass is 10.2. The van der Waals surface area contributed by atoms with Crippen molar-refractivity contribution in [3.05, 3.63) is 0 Å². The standard InChI is InChI=1S/C14H29N3O/c1-12(2)8-16-9-14(18)11-17(7-5-6-15)10-13(3)4/h12-14,16,18H,5,7-11H2,1-4H3. The Hall–Kier alpha value is -0.630. The first kappa shape index (κ1) is 17.4. The molecule has 4 heteroatoms. The third-order valence-electron chi connectivity index (χ3n) is 2.56. The summed E-state index contributed by atoms with van der Waals surface area (Å²) in [6.45, 7) is 12.5. The number of aliphatic hydroxyl groups excluding tert-OH is 1. The van der Waals surface area contributed by atoms with Crippen LogP contribution < -0.4 is 5.32 Å². The van der Waals surface area contributed by atoms with Crippen LogP contribution in [-0.4, -0.2) is 48.8 Å². The monoisotopic (exact) mass is 255 g/mol. The van der Waals surface area contributed by atoms with Gasteiger partial charge in [-0.15, -0.1) is 0 Å². The molecule has 0 aliphatic rings. The highest BCUT2D eigenvalue weighted by molar-refractivity contribution is 4.75. The number of hydrogen-bond acceptors (Lipinski definition) is 4. The van der Waals surface area contributed by atoms with E-state index in [0.29, 0.717) is 31.3 Å². The van der Waals surface area contributed by atoms with Gasteiger partial charge in [0.1, 0.15) is 0 Å². The smallest absolute Gasteiger partial charge is 0.0791 e. The molecule has 0 aliphatic heterocycles. The van der Waals surface area contributed by atoms with Crippen molar-refractivity contribution >= 4 is 0 Å². The molecule has 0 rings (SSSR count). The number of rotatable bonds is 10. The minimum absolute atomic E-state index is 0.360. The summed E-state index contributed by atoms with van der Waals surface area (Å²) >= 11 is 0. The van der Waals surface area contributed by atoms with Crippen LogP contribution in [0.5, 0.6) is 0 Å². The van der Waals surface area contributed by atoms with Crippen LogP contribution >= 0.6 is 0 Å². The van der Waals surface area contributed by atoms with Crippen LogP contribution in [0.25, 0.3) is 0 Å². The first-order valence-electron chi connectivity index (χ1n) is 6.93. The molecule has 18 heavy (non-hydrogen) atoms. The Labute approximate surface area is 112 Å². The number of nitriles is 1. The van der Waals surface area contributed by atoms with Gasteiger partial charge in [-0.3, -0.25) is 4.90 Å². The highest BCUT2D eigenvalue weighted by atomic mass is 16.3. The molecule has 1 unspecified atom stereocenters. The second-order valence-electron chi connectivity index (χ2n) is 5.77. The van der Waals surface area contributed by atoms with Gasteiger partial charge in [-0.05, 0) is 18.4 Å². The molecule has 2 N–H and O–H groups in total. The fraction of sp³-hybridized carbons (Fsp3) is 0.929. The first-order valence-corrected chi connectivity index (χ1v) is 6.93. The summed E-state index contributed by atoms with van der Waals surface area (Å²) in [5.74, 6) is 1.15. The SMILES string of the molecule is CC(C)CNCC(O)CN(CCC#N)CC(C)C. The largest absolute Gasteiger partial charge is 0.390 e. The molecule has 0 bridgehead atoms. The Kier molecular flexibility index (Phi) is 9.95. The molecule has 0 fully saturated rings. The number of aliphatic hydroxyl groups is 1. The van der Waals surface area contributed by atoms with Crippen LogP contribution in [-0.2, 0) is 0 Å². The predicted octanol–water partition coefficient (Wildman–Crippen LogP) is 1.46. The third-order valence-corrected chi connectivity index (χ3v) is 2.56. The van der Waals surface area contributed by atoms with Crippen LogP contribution in [0.2, 0.25) is 0 Å². The Bertz CT molecular complexity index is 236. The molecule has 0 aliphatic carbocycles. The molecule has 1 atom stereocenters. The van der Waals surface area contributed by atoms with Crippen molar-refractivity contribution in [2.24, 2.45) is 11.8 Å². The van der Waals surface area contributed by atoms with E-state index >= 15 is 0 Å². The third kappa shape index (κ3) is 10.5. The zero-order chi connectivity index (χ0) is 14.0. The zero-order valence-corrected chi connectivity index (χ0v) is 12.3. The average Bonchev–Trinajstić information content (AvgIpc) is 2.24. The maximum absolute atomic E-state index is 9.96. The van der Waals surface area contributed by atoms with Gasteiger partial charge in [0, 0.05) is 32.6 Å². The molecule has 0 spiro atoms. The quantitative estimate of drug-likeness (QED) is 0.620. The lowest BCUT2D eigenvalue weighted by Crippen LogP contribution is -2.41. The van der Waals surface area contributed by atoms with E-state index in [0.717, 1.165) is 19.6 Å². The van der Waals surface area contributed by atoms with Gasteiger partial charge < -0.3 is 10.4 Å². The van der Waals surface area contributed by atoms with E-state index in [1.165, 1.54) is 0 Å². The molecule has 0 aromatic heterocycles. The fourth-order valence-electron chi connectivity index (χ4n) is 1.88. The summed E-state index contributed by atoms with van der Waals surface area (Å²) in [4.78, 5) is 2.18. The van der Waals surface area contributed by atoms with Gasteiger partial charge >= 0.3 is 0 Å². The zero-order valence-electron chi connectivity index (χ0n) is 12.3. The topological polar surface area (TPSA) is 59.3 Å². The van der Waals surface area contributed by atoms with Gasteiger partial charge in [0.05, 0.1) is 12.2 Å².